The first-order valence-corrected chi connectivity index (χ1v) is 14.4. The van der Waals surface area contributed by atoms with Gasteiger partial charge < -0.3 is 4.74 Å². The van der Waals surface area contributed by atoms with Crippen molar-refractivity contribution in [2.75, 3.05) is 6.61 Å². The van der Waals surface area contributed by atoms with Crippen LogP contribution in [-0.4, -0.2) is 6.61 Å². The van der Waals surface area contributed by atoms with Crippen LogP contribution in [0.25, 0.3) is 0 Å². The Morgan fingerprint density at radius 2 is 1.38 bits per heavy atom. The molecule has 2 aliphatic carbocycles. The zero-order valence-electron chi connectivity index (χ0n) is 22.4. The van der Waals surface area contributed by atoms with E-state index in [9.17, 15) is 17.6 Å². The lowest BCUT2D eigenvalue weighted by molar-refractivity contribution is -0.249. The minimum absolute atomic E-state index is 0.116. The molecule has 4 rings (SSSR count). The molecule has 2 fully saturated rings. The Bertz CT molecular complexity index is 987. The summed E-state index contributed by atoms with van der Waals surface area (Å²) < 4.78 is 63.9. The predicted molar refractivity (Wildman–Crippen MR) is 141 cm³/mol. The van der Waals surface area contributed by atoms with Crippen molar-refractivity contribution in [2.24, 2.45) is 11.8 Å². The third-order valence-corrected chi connectivity index (χ3v) is 8.96. The molecule has 0 aromatic heterocycles. The van der Waals surface area contributed by atoms with Crippen LogP contribution in [0.4, 0.5) is 17.6 Å². The number of alkyl halides is 2. The molecular weight excluding hydrogens is 476 g/mol. The number of ether oxygens (including phenoxy) is 1. The first-order chi connectivity index (χ1) is 17.8. The fourth-order valence-corrected chi connectivity index (χ4v) is 6.51. The van der Waals surface area contributed by atoms with E-state index >= 15 is 0 Å². The molecule has 0 unspecified atom stereocenters. The molecule has 0 heterocycles. The Hall–Kier alpha value is -1.88. The monoisotopic (exact) mass is 518 g/mol. The number of hydrogen-bond acceptors (Lipinski definition) is 1. The Kier molecular flexibility index (Phi) is 9.72. The van der Waals surface area contributed by atoms with Crippen LogP contribution >= 0.6 is 0 Å². The van der Waals surface area contributed by atoms with Crippen LogP contribution in [0.1, 0.15) is 119 Å². The van der Waals surface area contributed by atoms with Gasteiger partial charge in [-0.3, -0.25) is 0 Å². The smallest absolute Gasteiger partial charge is 0.316 e. The zero-order valence-corrected chi connectivity index (χ0v) is 22.4. The fourth-order valence-electron chi connectivity index (χ4n) is 6.51. The summed E-state index contributed by atoms with van der Waals surface area (Å²) in [5, 5.41) is 0. The van der Waals surface area contributed by atoms with E-state index in [0.717, 1.165) is 49.7 Å². The van der Waals surface area contributed by atoms with Gasteiger partial charge in [0.25, 0.3) is 0 Å². The number of halogens is 4. The minimum Gasteiger partial charge on any atom is -0.316 e. The van der Waals surface area contributed by atoms with Gasteiger partial charge in [-0.05, 0) is 104 Å². The normalized spacial score (nSPS) is 24.8. The molecule has 0 saturated heterocycles. The van der Waals surface area contributed by atoms with Crippen LogP contribution in [0.5, 0.6) is 0 Å². The molecule has 2 aliphatic rings. The Morgan fingerprint density at radius 3 is 2.00 bits per heavy atom. The molecule has 0 spiro atoms. The standard InChI is InChI=1S/C32H42F4O/c1-3-5-23-8-12-25(13-9-23)26-14-10-24(11-15-26)20-21-37-32(35,36)29-19-18-28(30(33)31(29)34)27-16-6-22(4-2)7-17-27/h10-11,14-15,18-19,22-23,25,27H,3-9,12-13,16-17,20-21H2,1-2H3/t22-,23-,25-,27-. The third-order valence-electron chi connectivity index (χ3n) is 8.96. The Labute approximate surface area is 220 Å². The van der Waals surface area contributed by atoms with E-state index < -0.39 is 23.3 Å². The average Bonchev–Trinajstić information content (AvgIpc) is 2.91. The second-order valence-electron chi connectivity index (χ2n) is 11.3. The lowest BCUT2D eigenvalue weighted by Gasteiger charge is -2.29. The van der Waals surface area contributed by atoms with E-state index in [2.05, 4.69) is 26.0 Å². The lowest BCUT2D eigenvalue weighted by atomic mass is 9.77. The summed E-state index contributed by atoms with van der Waals surface area (Å²) >= 11 is 0. The summed E-state index contributed by atoms with van der Waals surface area (Å²) in [6.07, 6.45) is 8.46. The van der Waals surface area contributed by atoms with Crippen molar-refractivity contribution in [3.8, 4) is 0 Å². The first-order valence-electron chi connectivity index (χ1n) is 14.4. The van der Waals surface area contributed by atoms with Gasteiger partial charge in [0, 0.05) is 0 Å². The molecule has 0 radical (unpaired) electrons. The maximum Gasteiger partial charge on any atom is 0.386 e. The number of rotatable bonds is 10. The molecular formula is C32H42F4O. The van der Waals surface area contributed by atoms with Crippen LogP contribution < -0.4 is 0 Å². The molecule has 0 aliphatic heterocycles. The van der Waals surface area contributed by atoms with Gasteiger partial charge in [-0.1, -0.05) is 63.4 Å². The van der Waals surface area contributed by atoms with Crippen LogP contribution in [0.15, 0.2) is 36.4 Å². The number of hydrogen-bond donors (Lipinski definition) is 0. The summed E-state index contributed by atoms with van der Waals surface area (Å²) in [5.41, 5.74) is 1.39. The van der Waals surface area contributed by atoms with Gasteiger partial charge >= 0.3 is 6.11 Å². The minimum atomic E-state index is -3.89. The van der Waals surface area contributed by atoms with Crippen molar-refractivity contribution in [3.05, 3.63) is 70.3 Å². The van der Waals surface area contributed by atoms with Gasteiger partial charge in [0.05, 0.1) is 12.2 Å². The van der Waals surface area contributed by atoms with Crippen LogP contribution in [-0.2, 0) is 17.3 Å². The molecule has 5 heteroatoms. The largest absolute Gasteiger partial charge is 0.386 e. The van der Waals surface area contributed by atoms with E-state index in [1.165, 1.54) is 50.2 Å². The summed E-state index contributed by atoms with van der Waals surface area (Å²) in [7, 11) is 0. The van der Waals surface area contributed by atoms with Gasteiger partial charge in [-0.25, -0.2) is 8.78 Å². The molecule has 2 aromatic carbocycles. The summed E-state index contributed by atoms with van der Waals surface area (Å²) in [6, 6.07) is 10.5. The second-order valence-corrected chi connectivity index (χ2v) is 11.3. The van der Waals surface area contributed by atoms with Gasteiger partial charge in [0.2, 0.25) is 0 Å². The van der Waals surface area contributed by atoms with Gasteiger partial charge in [0.1, 0.15) is 0 Å². The zero-order chi connectivity index (χ0) is 26.4. The lowest BCUT2D eigenvalue weighted by Crippen LogP contribution is -2.23. The number of benzene rings is 2. The van der Waals surface area contributed by atoms with Crippen molar-refractivity contribution in [1.29, 1.82) is 0 Å². The molecule has 2 saturated carbocycles. The molecule has 1 nitrogen and oxygen atoms in total. The topological polar surface area (TPSA) is 9.23 Å². The third kappa shape index (κ3) is 6.96. The van der Waals surface area contributed by atoms with Crippen molar-refractivity contribution < 1.29 is 22.3 Å². The molecule has 0 bridgehead atoms. The highest BCUT2D eigenvalue weighted by Crippen LogP contribution is 2.41. The molecule has 0 amide bonds. The Morgan fingerprint density at radius 1 is 0.757 bits per heavy atom. The average molecular weight is 519 g/mol. The van der Waals surface area contributed by atoms with E-state index in [0.29, 0.717) is 11.8 Å². The highest BCUT2D eigenvalue weighted by atomic mass is 19.3. The summed E-state index contributed by atoms with van der Waals surface area (Å²) in [4.78, 5) is 0. The van der Waals surface area contributed by atoms with Crippen molar-refractivity contribution in [1.82, 2.24) is 0 Å². The SMILES string of the molecule is CCC[C@H]1CC[C@H](c2ccc(CCOC(F)(F)c3ccc([C@H]4CC[C@H](CC)CC4)c(F)c3F)cc2)CC1. The van der Waals surface area contributed by atoms with E-state index in [4.69, 9.17) is 4.74 Å². The highest BCUT2D eigenvalue weighted by Gasteiger charge is 2.38. The molecule has 0 atom stereocenters. The van der Waals surface area contributed by atoms with Crippen LogP contribution in [0, 0.1) is 23.5 Å². The van der Waals surface area contributed by atoms with E-state index in [1.807, 2.05) is 12.1 Å². The second kappa shape index (κ2) is 12.8. The molecule has 37 heavy (non-hydrogen) atoms. The Balaban J connectivity index is 1.30. The highest BCUT2D eigenvalue weighted by molar-refractivity contribution is 5.31. The maximum absolute atomic E-state index is 14.8. The van der Waals surface area contributed by atoms with Gasteiger partial charge in [-0.15, -0.1) is 0 Å². The molecule has 2 aromatic rings. The van der Waals surface area contributed by atoms with Gasteiger partial charge in [0.15, 0.2) is 11.6 Å². The first kappa shape index (κ1) is 28.1. The van der Waals surface area contributed by atoms with Crippen LogP contribution in [0.3, 0.4) is 0 Å². The van der Waals surface area contributed by atoms with E-state index in [1.54, 1.807) is 0 Å². The van der Waals surface area contributed by atoms with Crippen molar-refractivity contribution in [2.45, 2.75) is 109 Å². The molecule has 0 N–H and O–H groups in total. The van der Waals surface area contributed by atoms with Crippen molar-refractivity contribution in [3.63, 3.8) is 0 Å². The predicted octanol–water partition coefficient (Wildman–Crippen LogP) is 10.0. The molecule has 204 valence electrons. The maximum atomic E-state index is 14.8. The summed E-state index contributed by atoms with van der Waals surface area (Å²) in [6.45, 7) is 4.10. The van der Waals surface area contributed by atoms with E-state index in [-0.39, 0.29) is 24.5 Å². The summed E-state index contributed by atoms with van der Waals surface area (Å²) in [5.74, 6) is -0.712. The quantitative estimate of drug-likeness (QED) is 0.284. The van der Waals surface area contributed by atoms with Gasteiger partial charge in [-0.2, -0.15) is 8.78 Å². The van der Waals surface area contributed by atoms with Crippen molar-refractivity contribution >= 4 is 0 Å². The fraction of sp³-hybridized carbons (Fsp3) is 0.625. The van der Waals surface area contributed by atoms with Crippen LogP contribution in [0.2, 0.25) is 0 Å².